The fraction of sp³-hybridized carbons (Fsp3) is 0.500. The van der Waals surface area contributed by atoms with Crippen molar-refractivity contribution in [2.45, 2.75) is 25.8 Å². The van der Waals surface area contributed by atoms with E-state index in [1.54, 1.807) is 6.26 Å². The molecule has 0 bridgehead atoms. The van der Waals surface area contributed by atoms with Gasteiger partial charge in [0.15, 0.2) is 11.6 Å². The number of oxazole rings is 1. The zero-order chi connectivity index (χ0) is 16.9. The number of likely N-dealkylation sites (tertiary alicyclic amines) is 1. The molecule has 1 saturated heterocycles. The third-order valence-corrected chi connectivity index (χ3v) is 4.61. The minimum atomic E-state index is -0.893. The number of piperidine rings is 1. The van der Waals surface area contributed by atoms with E-state index >= 15 is 0 Å². The van der Waals surface area contributed by atoms with E-state index in [1.807, 2.05) is 7.05 Å². The molecule has 0 unspecified atom stereocenters. The molecule has 2 heterocycles. The Morgan fingerprint density at radius 1 is 1.19 bits per heavy atom. The van der Waals surface area contributed by atoms with Gasteiger partial charge in [-0.05, 0) is 70.1 Å². The minimum absolute atomic E-state index is 0. The van der Waals surface area contributed by atoms with Crippen molar-refractivity contribution in [1.82, 2.24) is 15.2 Å². The summed E-state index contributed by atoms with van der Waals surface area (Å²) >= 11 is 0. The third-order valence-electron chi connectivity index (χ3n) is 4.61. The van der Waals surface area contributed by atoms with Gasteiger partial charge in [0.05, 0.1) is 5.69 Å². The van der Waals surface area contributed by atoms with Crippen molar-refractivity contribution >= 4 is 24.8 Å². The minimum Gasteiger partial charge on any atom is -0.444 e. The zero-order valence-corrected chi connectivity index (χ0v) is 16.3. The highest BCUT2D eigenvalue weighted by atomic mass is 35.5. The van der Waals surface area contributed by atoms with Crippen LogP contribution in [-0.2, 0) is 6.54 Å². The lowest BCUT2D eigenvalue weighted by atomic mass is 9.93. The second-order valence-electron chi connectivity index (χ2n) is 6.38. The van der Waals surface area contributed by atoms with Crippen LogP contribution in [-0.4, -0.2) is 36.6 Å². The van der Waals surface area contributed by atoms with Crippen molar-refractivity contribution in [2.24, 2.45) is 5.92 Å². The van der Waals surface area contributed by atoms with E-state index in [9.17, 15) is 8.78 Å². The normalized spacial score (nSPS) is 15.3. The van der Waals surface area contributed by atoms with Gasteiger partial charge in [0, 0.05) is 12.1 Å². The van der Waals surface area contributed by atoms with Gasteiger partial charge in [-0.25, -0.2) is 13.8 Å². The highest BCUT2D eigenvalue weighted by Crippen LogP contribution is 2.24. The zero-order valence-electron chi connectivity index (χ0n) is 14.7. The lowest BCUT2D eigenvalue weighted by molar-refractivity contribution is 0.170. The maximum absolute atomic E-state index is 13.3. The van der Waals surface area contributed by atoms with Gasteiger partial charge in [0.2, 0.25) is 5.89 Å². The lowest BCUT2D eigenvalue weighted by Crippen LogP contribution is -2.34. The Morgan fingerprint density at radius 2 is 1.92 bits per heavy atom. The highest BCUT2D eigenvalue weighted by molar-refractivity contribution is 5.85. The number of hydrogen-bond donors (Lipinski definition) is 1. The monoisotopic (exact) mass is 407 g/mol. The van der Waals surface area contributed by atoms with Crippen molar-refractivity contribution in [3.05, 3.63) is 41.8 Å². The molecular weight excluding hydrogens is 383 g/mol. The second kappa shape index (κ2) is 10.8. The Hall–Kier alpha value is -1.21. The summed E-state index contributed by atoms with van der Waals surface area (Å²) in [4.78, 5) is 6.77. The van der Waals surface area contributed by atoms with Crippen LogP contribution in [0.5, 0.6) is 0 Å². The first-order valence-corrected chi connectivity index (χ1v) is 8.42. The van der Waals surface area contributed by atoms with Crippen molar-refractivity contribution in [1.29, 1.82) is 0 Å². The number of aromatic nitrogens is 1. The quantitative estimate of drug-likeness (QED) is 0.775. The molecule has 4 nitrogen and oxygen atoms in total. The first kappa shape index (κ1) is 22.8. The molecule has 8 heteroatoms. The van der Waals surface area contributed by atoms with Crippen molar-refractivity contribution < 1.29 is 13.2 Å². The molecule has 1 aliphatic rings. The molecule has 1 N–H and O–H groups in total. The second-order valence-corrected chi connectivity index (χ2v) is 6.38. The van der Waals surface area contributed by atoms with Gasteiger partial charge >= 0.3 is 0 Å². The molecule has 0 atom stereocenters. The molecule has 0 aliphatic carbocycles. The summed E-state index contributed by atoms with van der Waals surface area (Å²) in [5.41, 5.74) is 1.27. The summed E-state index contributed by atoms with van der Waals surface area (Å²) in [6.45, 7) is 3.92. The van der Waals surface area contributed by atoms with Crippen LogP contribution in [0.3, 0.4) is 0 Å². The molecule has 0 radical (unpaired) electrons. The van der Waals surface area contributed by atoms with E-state index in [0.717, 1.165) is 49.9 Å². The molecule has 1 fully saturated rings. The molecule has 1 aromatic carbocycles. The maximum Gasteiger partial charge on any atom is 0.226 e. The molecular formula is C18H25Cl2F2N3O. The summed E-state index contributed by atoms with van der Waals surface area (Å²) in [5.74, 6) is -0.640. The molecule has 0 spiro atoms. The van der Waals surface area contributed by atoms with Gasteiger partial charge in [-0.2, -0.15) is 0 Å². The summed E-state index contributed by atoms with van der Waals surface area (Å²) in [6, 6.07) is 3.67. The van der Waals surface area contributed by atoms with Crippen LogP contribution in [0.1, 0.15) is 25.0 Å². The van der Waals surface area contributed by atoms with Gasteiger partial charge in [-0.1, -0.05) is 0 Å². The first-order chi connectivity index (χ1) is 11.7. The van der Waals surface area contributed by atoms with Gasteiger partial charge in [-0.3, -0.25) is 4.90 Å². The molecule has 2 aromatic rings. The third kappa shape index (κ3) is 5.91. The molecule has 1 aliphatic heterocycles. The fourth-order valence-electron chi connectivity index (χ4n) is 3.15. The molecule has 146 valence electrons. The van der Waals surface area contributed by atoms with Crippen molar-refractivity contribution in [2.75, 3.05) is 26.7 Å². The molecule has 1 aromatic heterocycles. The topological polar surface area (TPSA) is 41.3 Å². The number of halogens is 4. The maximum atomic E-state index is 13.3. The van der Waals surface area contributed by atoms with Crippen LogP contribution in [0.4, 0.5) is 8.78 Å². The van der Waals surface area contributed by atoms with Gasteiger partial charge in [-0.15, -0.1) is 24.8 Å². The fourth-order valence-corrected chi connectivity index (χ4v) is 3.15. The standard InChI is InChI=1S/C18H23F2N3O.2ClH/c1-21-7-4-13-5-8-23(9-6-13)11-15-12-24-18(22-15)14-2-3-16(19)17(20)10-14;;/h2-3,10,12-13,21H,4-9,11H2,1H3;2*1H. The van der Waals surface area contributed by atoms with E-state index < -0.39 is 11.6 Å². The number of hydrogen-bond acceptors (Lipinski definition) is 4. The molecule has 0 amide bonds. The Labute approximate surface area is 165 Å². The van der Waals surface area contributed by atoms with E-state index in [2.05, 4.69) is 15.2 Å². The van der Waals surface area contributed by atoms with E-state index in [4.69, 9.17) is 4.42 Å². The largest absolute Gasteiger partial charge is 0.444 e. The summed E-state index contributed by atoms with van der Waals surface area (Å²) < 4.78 is 31.7. The number of rotatable bonds is 6. The van der Waals surface area contributed by atoms with E-state index in [0.29, 0.717) is 11.5 Å². The van der Waals surface area contributed by atoms with E-state index in [1.165, 1.54) is 25.3 Å². The Balaban J connectivity index is 0.00000169. The average Bonchev–Trinajstić information content (AvgIpc) is 3.05. The summed E-state index contributed by atoms with van der Waals surface area (Å²) in [6.07, 6.45) is 5.24. The molecule has 26 heavy (non-hydrogen) atoms. The van der Waals surface area contributed by atoms with Gasteiger partial charge in [0.25, 0.3) is 0 Å². The van der Waals surface area contributed by atoms with Crippen LogP contribution in [0.2, 0.25) is 0 Å². The summed E-state index contributed by atoms with van der Waals surface area (Å²) in [5, 5.41) is 3.21. The average molecular weight is 408 g/mol. The van der Waals surface area contributed by atoms with Crippen LogP contribution in [0.15, 0.2) is 28.9 Å². The highest BCUT2D eigenvalue weighted by Gasteiger charge is 2.20. The van der Waals surface area contributed by atoms with Gasteiger partial charge < -0.3 is 9.73 Å². The predicted molar refractivity (Wildman–Crippen MR) is 103 cm³/mol. The Bertz CT molecular complexity index is 676. The first-order valence-electron chi connectivity index (χ1n) is 8.42. The van der Waals surface area contributed by atoms with Gasteiger partial charge in [0.1, 0.15) is 6.26 Å². The SMILES string of the molecule is CNCCC1CCN(Cc2coc(-c3ccc(F)c(F)c3)n2)CC1.Cl.Cl. The smallest absolute Gasteiger partial charge is 0.226 e. The lowest BCUT2D eigenvalue weighted by Gasteiger charge is -2.31. The molecule has 0 saturated carbocycles. The summed E-state index contributed by atoms with van der Waals surface area (Å²) in [7, 11) is 1.99. The van der Waals surface area contributed by atoms with Crippen LogP contribution in [0, 0.1) is 17.6 Å². The molecule has 3 rings (SSSR count). The Kier molecular flexibility index (Phi) is 9.50. The number of nitrogens with one attached hydrogen (secondary N) is 1. The van der Waals surface area contributed by atoms with Crippen LogP contribution < -0.4 is 5.32 Å². The Morgan fingerprint density at radius 3 is 2.58 bits per heavy atom. The predicted octanol–water partition coefficient (Wildman–Crippen LogP) is 4.28. The number of benzene rings is 1. The van der Waals surface area contributed by atoms with Crippen LogP contribution >= 0.6 is 24.8 Å². The number of nitrogens with zero attached hydrogens (tertiary/aromatic N) is 2. The van der Waals surface area contributed by atoms with E-state index in [-0.39, 0.29) is 24.8 Å². The van der Waals surface area contributed by atoms with Crippen LogP contribution in [0.25, 0.3) is 11.5 Å². The van der Waals surface area contributed by atoms with Crippen molar-refractivity contribution in [3.63, 3.8) is 0 Å². The van der Waals surface area contributed by atoms with Crippen molar-refractivity contribution in [3.8, 4) is 11.5 Å².